The Bertz CT molecular complexity index is 669. The highest BCUT2D eigenvalue weighted by atomic mass is 35.5. The van der Waals surface area contributed by atoms with E-state index in [9.17, 15) is 8.78 Å². The van der Waals surface area contributed by atoms with Crippen molar-refractivity contribution in [3.63, 3.8) is 0 Å². The number of halogens is 4. The number of aromatic nitrogens is 1. The van der Waals surface area contributed by atoms with Crippen molar-refractivity contribution in [2.24, 2.45) is 0 Å². The van der Waals surface area contributed by atoms with Crippen LogP contribution in [0, 0.1) is 11.3 Å². The van der Waals surface area contributed by atoms with Crippen LogP contribution in [0.25, 0.3) is 11.1 Å². The molecule has 3 nitrogen and oxygen atoms in total. The number of alkyl halides is 2. The molecule has 2 rings (SSSR count). The fourth-order valence-corrected chi connectivity index (χ4v) is 2.11. The first-order chi connectivity index (χ1) is 9.51. The van der Waals surface area contributed by atoms with Gasteiger partial charge in [-0.05, 0) is 23.8 Å². The molecule has 0 aliphatic rings. The minimum absolute atomic E-state index is 0.0112. The molecule has 102 valence electrons. The van der Waals surface area contributed by atoms with Gasteiger partial charge in [-0.1, -0.05) is 35.3 Å². The number of nitriles is 1. The summed E-state index contributed by atoms with van der Waals surface area (Å²) in [6, 6.07) is 9.20. The quantitative estimate of drug-likeness (QED) is 0.782. The third-order valence-corrected chi connectivity index (χ3v) is 2.91. The van der Waals surface area contributed by atoms with Crippen molar-refractivity contribution >= 4 is 23.2 Å². The van der Waals surface area contributed by atoms with Crippen LogP contribution in [0.2, 0.25) is 10.3 Å². The van der Waals surface area contributed by atoms with Gasteiger partial charge >= 0.3 is 6.61 Å². The Balaban J connectivity index is 2.44. The van der Waals surface area contributed by atoms with E-state index >= 15 is 0 Å². The molecule has 0 bridgehead atoms. The Labute approximate surface area is 123 Å². The molecule has 1 heterocycles. The zero-order valence-electron chi connectivity index (χ0n) is 9.78. The maximum absolute atomic E-state index is 12.1. The lowest BCUT2D eigenvalue weighted by Gasteiger charge is -2.08. The minimum atomic E-state index is -2.89. The topological polar surface area (TPSA) is 45.9 Å². The third-order valence-electron chi connectivity index (χ3n) is 2.45. The second kappa shape index (κ2) is 6.04. The first-order valence-corrected chi connectivity index (χ1v) is 6.08. The van der Waals surface area contributed by atoms with Gasteiger partial charge in [-0.3, -0.25) is 0 Å². The SMILES string of the molecule is N#Cc1c(-c2ccc(OC(F)F)cc2)cc(Cl)nc1Cl. The van der Waals surface area contributed by atoms with Crippen molar-refractivity contribution in [2.75, 3.05) is 0 Å². The van der Waals surface area contributed by atoms with Crippen LogP contribution in [-0.4, -0.2) is 11.6 Å². The smallest absolute Gasteiger partial charge is 0.387 e. The summed E-state index contributed by atoms with van der Waals surface area (Å²) in [4.78, 5) is 3.77. The standard InChI is InChI=1S/C13H6Cl2F2N2O/c14-11-5-9(10(6-18)12(15)19-11)7-1-3-8(4-2-7)20-13(16)17/h1-5,13H. The molecule has 2 aromatic rings. The number of rotatable bonds is 3. The summed E-state index contributed by atoms with van der Waals surface area (Å²) in [7, 11) is 0. The van der Waals surface area contributed by atoms with Crippen LogP contribution in [0.3, 0.4) is 0 Å². The predicted molar refractivity (Wildman–Crippen MR) is 71.0 cm³/mol. The van der Waals surface area contributed by atoms with Crippen LogP contribution in [-0.2, 0) is 0 Å². The van der Waals surface area contributed by atoms with Gasteiger partial charge < -0.3 is 4.74 Å². The summed E-state index contributed by atoms with van der Waals surface area (Å²) in [6.45, 7) is -2.89. The molecule has 0 amide bonds. The summed E-state index contributed by atoms with van der Waals surface area (Å²) in [6.07, 6.45) is 0. The van der Waals surface area contributed by atoms with Crippen molar-refractivity contribution in [3.8, 4) is 22.9 Å². The summed E-state index contributed by atoms with van der Waals surface area (Å²) in [5.74, 6) is 0.0218. The lowest BCUT2D eigenvalue weighted by molar-refractivity contribution is -0.0498. The molecule has 20 heavy (non-hydrogen) atoms. The van der Waals surface area contributed by atoms with E-state index in [1.807, 2.05) is 6.07 Å². The van der Waals surface area contributed by atoms with Gasteiger partial charge in [-0.25, -0.2) is 4.98 Å². The lowest BCUT2D eigenvalue weighted by atomic mass is 10.0. The van der Waals surface area contributed by atoms with E-state index in [1.165, 1.54) is 30.3 Å². The summed E-state index contributed by atoms with van der Waals surface area (Å²) < 4.78 is 28.4. The van der Waals surface area contributed by atoms with Crippen molar-refractivity contribution in [2.45, 2.75) is 6.61 Å². The zero-order chi connectivity index (χ0) is 14.7. The van der Waals surface area contributed by atoms with E-state index in [4.69, 9.17) is 28.5 Å². The lowest BCUT2D eigenvalue weighted by Crippen LogP contribution is -2.01. The molecular weight excluding hydrogens is 309 g/mol. The van der Waals surface area contributed by atoms with Gasteiger partial charge in [0.2, 0.25) is 0 Å². The van der Waals surface area contributed by atoms with Crippen molar-refractivity contribution in [1.82, 2.24) is 4.98 Å². The van der Waals surface area contributed by atoms with Crippen LogP contribution < -0.4 is 4.74 Å². The Morgan fingerprint density at radius 2 is 1.85 bits per heavy atom. The molecule has 0 atom stereocenters. The maximum atomic E-state index is 12.1. The van der Waals surface area contributed by atoms with Gasteiger partial charge in [0.1, 0.15) is 22.1 Å². The maximum Gasteiger partial charge on any atom is 0.387 e. The first kappa shape index (κ1) is 14.5. The molecular formula is C13H6Cl2F2N2O. The number of hydrogen-bond donors (Lipinski definition) is 0. The van der Waals surface area contributed by atoms with E-state index in [2.05, 4.69) is 9.72 Å². The van der Waals surface area contributed by atoms with Crippen LogP contribution in [0.5, 0.6) is 5.75 Å². The summed E-state index contributed by atoms with van der Waals surface area (Å²) >= 11 is 11.6. The second-order valence-electron chi connectivity index (χ2n) is 3.67. The van der Waals surface area contributed by atoms with Crippen LogP contribution in [0.1, 0.15) is 5.56 Å². The second-order valence-corrected chi connectivity index (χ2v) is 4.42. The van der Waals surface area contributed by atoms with Gasteiger partial charge in [0.05, 0.1) is 5.56 Å². The molecule has 0 fully saturated rings. The molecule has 1 aromatic heterocycles. The monoisotopic (exact) mass is 314 g/mol. The molecule has 0 aliphatic heterocycles. The van der Waals surface area contributed by atoms with E-state index in [0.29, 0.717) is 11.1 Å². The van der Waals surface area contributed by atoms with E-state index < -0.39 is 6.61 Å². The average molecular weight is 315 g/mol. The predicted octanol–water partition coefficient (Wildman–Crippen LogP) is 4.53. The number of benzene rings is 1. The molecule has 0 N–H and O–H groups in total. The van der Waals surface area contributed by atoms with Crippen LogP contribution in [0.4, 0.5) is 8.78 Å². The Hall–Kier alpha value is -1.90. The molecule has 0 saturated carbocycles. The number of nitrogens with zero attached hydrogens (tertiary/aromatic N) is 2. The summed E-state index contributed by atoms with van der Waals surface area (Å²) in [5, 5.41) is 9.21. The highest BCUT2D eigenvalue weighted by Gasteiger charge is 2.12. The fraction of sp³-hybridized carbons (Fsp3) is 0.0769. The van der Waals surface area contributed by atoms with E-state index in [1.54, 1.807) is 0 Å². The first-order valence-electron chi connectivity index (χ1n) is 5.32. The van der Waals surface area contributed by atoms with Gasteiger partial charge in [-0.15, -0.1) is 0 Å². The normalized spacial score (nSPS) is 10.4. The fourth-order valence-electron chi connectivity index (χ4n) is 1.63. The largest absolute Gasteiger partial charge is 0.435 e. The van der Waals surface area contributed by atoms with E-state index in [-0.39, 0.29) is 21.6 Å². The Morgan fingerprint density at radius 1 is 1.20 bits per heavy atom. The van der Waals surface area contributed by atoms with Gasteiger partial charge in [0.15, 0.2) is 0 Å². The molecule has 1 aromatic carbocycles. The molecule has 0 aliphatic carbocycles. The number of ether oxygens (including phenoxy) is 1. The van der Waals surface area contributed by atoms with Crippen molar-refractivity contribution < 1.29 is 13.5 Å². The minimum Gasteiger partial charge on any atom is -0.435 e. The Kier molecular flexibility index (Phi) is 4.38. The van der Waals surface area contributed by atoms with Crippen molar-refractivity contribution in [3.05, 3.63) is 46.2 Å². The highest BCUT2D eigenvalue weighted by Crippen LogP contribution is 2.31. The van der Waals surface area contributed by atoms with E-state index in [0.717, 1.165) is 0 Å². The summed E-state index contributed by atoms with van der Waals surface area (Å²) in [5.41, 5.74) is 1.23. The zero-order valence-corrected chi connectivity index (χ0v) is 11.3. The van der Waals surface area contributed by atoms with Gasteiger partial charge in [0.25, 0.3) is 0 Å². The van der Waals surface area contributed by atoms with Gasteiger partial charge in [0, 0.05) is 5.56 Å². The van der Waals surface area contributed by atoms with Crippen molar-refractivity contribution in [1.29, 1.82) is 5.26 Å². The van der Waals surface area contributed by atoms with Gasteiger partial charge in [-0.2, -0.15) is 14.0 Å². The molecule has 0 radical (unpaired) electrons. The number of pyridine rings is 1. The molecule has 0 spiro atoms. The average Bonchev–Trinajstić information content (AvgIpc) is 2.38. The Morgan fingerprint density at radius 3 is 2.40 bits per heavy atom. The third kappa shape index (κ3) is 3.16. The molecule has 7 heteroatoms. The highest BCUT2D eigenvalue weighted by molar-refractivity contribution is 6.33. The number of hydrogen-bond acceptors (Lipinski definition) is 3. The molecule has 0 saturated heterocycles. The molecule has 0 unspecified atom stereocenters. The van der Waals surface area contributed by atoms with Crippen LogP contribution >= 0.6 is 23.2 Å². The van der Waals surface area contributed by atoms with Crippen LogP contribution in [0.15, 0.2) is 30.3 Å².